The number of hydrogen-bond donors (Lipinski definition) is 1. The van der Waals surface area contributed by atoms with Gasteiger partial charge in [-0.2, -0.15) is 0 Å². The van der Waals surface area contributed by atoms with Gasteiger partial charge in [0, 0.05) is 61.6 Å². The minimum absolute atomic E-state index is 0.265. The highest BCUT2D eigenvalue weighted by atomic mass is 16.2. The van der Waals surface area contributed by atoms with Crippen LogP contribution in [0.15, 0.2) is 66.1 Å². The first-order valence-corrected chi connectivity index (χ1v) is 10.8. The van der Waals surface area contributed by atoms with Gasteiger partial charge in [0.25, 0.3) is 0 Å². The molecule has 0 atom stereocenters. The molecule has 0 bridgehead atoms. The quantitative estimate of drug-likeness (QED) is 0.660. The predicted molar refractivity (Wildman–Crippen MR) is 131 cm³/mol. The van der Waals surface area contributed by atoms with Crippen molar-refractivity contribution in [3.63, 3.8) is 0 Å². The summed E-state index contributed by atoms with van der Waals surface area (Å²) in [5.74, 6) is 3.90. The Hall–Kier alpha value is -4.29. The van der Waals surface area contributed by atoms with Crippen molar-refractivity contribution in [1.82, 2.24) is 15.0 Å². The molecular formula is C25H23N7O. The molecule has 0 aromatic carbocycles. The van der Waals surface area contributed by atoms with Crippen LogP contribution in [0.5, 0.6) is 0 Å². The summed E-state index contributed by atoms with van der Waals surface area (Å²) in [4.78, 5) is 34.7. The van der Waals surface area contributed by atoms with Crippen molar-refractivity contribution in [2.45, 2.75) is 13.3 Å². The molecule has 8 heteroatoms. The van der Waals surface area contributed by atoms with Crippen molar-refractivity contribution < 1.29 is 4.79 Å². The molecule has 5 rings (SSSR count). The minimum atomic E-state index is -0.265. The van der Waals surface area contributed by atoms with Crippen LogP contribution in [0, 0.1) is 6.92 Å². The standard InChI is InChI=1S/C25H23N7O/c1-17-14-19(8-10-27-17)21-4-5-22-24(29-21)32(13-3-12-31(22)2)25(33)30-23-15-18(7-11-28-23)20-6-9-26-16-20/h4-8,10-11,14-16H,3,12-13H2,1-2H3,(H,28,30,33). The average Bonchev–Trinajstić information content (AvgIpc) is 3.31. The Kier molecular flexibility index (Phi) is 5.42. The number of pyridine rings is 3. The van der Waals surface area contributed by atoms with Gasteiger partial charge in [0.15, 0.2) is 5.82 Å². The molecule has 2 aliphatic heterocycles. The van der Waals surface area contributed by atoms with Crippen molar-refractivity contribution >= 4 is 34.8 Å². The Labute approximate surface area is 192 Å². The molecule has 5 heterocycles. The van der Waals surface area contributed by atoms with Crippen molar-refractivity contribution in [1.29, 1.82) is 0 Å². The van der Waals surface area contributed by atoms with Crippen LogP contribution in [0.1, 0.15) is 17.7 Å². The van der Waals surface area contributed by atoms with Gasteiger partial charge in [0.1, 0.15) is 5.82 Å². The normalized spacial score (nSPS) is 14.7. The Morgan fingerprint density at radius 2 is 1.91 bits per heavy atom. The summed E-state index contributed by atoms with van der Waals surface area (Å²) in [6.07, 6.45) is 7.80. The van der Waals surface area contributed by atoms with Crippen LogP contribution < -0.4 is 15.1 Å². The summed E-state index contributed by atoms with van der Waals surface area (Å²) >= 11 is 0. The number of amides is 2. The van der Waals surface area contributed by atoms with Crippen molar-refractivity contribution in [2.75, 3.05) is 35.3 Å². The third-order valence-corrected chi connectivity index (χ3v) is 5.66. The van der Waals surface area contributed by atoms with Crippen LogP contribution in [-0.4, -0.2) is 47.0 Å². The van der Waals surface area contributed by atoms with Gasteiger partial charge in [-0.25, -0.2) is 19.8 Å². The molecule has 0 aliphatic carbocycles. The molecule has 164 valence electrons. The van der Waals surface area contributed by atoms with Crippen LogP contribution in [0.4, 0.5) is 22.1 Å². The van der Waals surface area contributed by atoms with Crippen LogP contribution in [0.2, 0.25) is 0 Å². The number of fused-ring (bicyclic) bond motifs is 1. The highest BCUT2D eigenvalue weighted by Crippen LogP contribution is 2.33. The maximum Gasteiger partial charge on any atom is 0.328 e. The molecule has 3 aromatic heterocycles. The van der Waals surface area contributed by atoms with Crippen molar-refractivity contribution in [2.24, 2.45) is 4.99 Å². The second-order valence-electron chi connectivity index (χ2n) is 8.00. The van der Waals surface area contributed by atoms with E-state index in [2.05, 4.69) is 31.0 Å². The summed E-state index contributed by atoms with van der Waals surface area (Å²) in [5.41, 5.74) is 5.43. The molecule has 2 aliphatic rings. The number of nitrogens with one attached hydrogen (secondary N) is 1. The van der Waals surface area contributed by atoms with Gasteiger partial charge in [-0.3, -0.25) is 15.2 Å². The zero-order valence-electron chi connectivity index (χ0n) is 18.5. The van der Waals surface area contributed by atoms with Crippen LogP contribution in [-0.2, 0) is 0 Å². The SMILES string of the molecule is Cc1cc(-c2ccc3c(n2)N(C(=O)Nc2cc(C4=CN=C=C4)ccn2)CCCN3C)ccn1. The number of nitrogens with zero attached hydrogens (tertiary/aromatic N) is 6. The van der Waals surface area contributed by atoms with E-state index in [1.54, 1.807) is 29.6 Å². The van der Waals surface area contributed by atoms with E-state index in [4.69, 9.17) is 4.98 Å². The summed E-state index contributed by atoms with van der Waals surface area (Å²) in [6.45, 7) is 3.34. The number of allylic oxidation sites excluding steroid dienone is 2. The van der Waals surface area contributed by atoms with E-state index >= 15 is 0 Å². The van der Waals surface area contributed by atoms with E-state index in [1.807, 2.05) is 50.4 Å². The van der Waals surface area contributed by atoms with E-state index in [1.165, 1.54) is 0 Å². The number of rotatable bonds is 3. The van der Waals surface area contributed by atoms with E-state index < -0.39 is 0 Å². The number of aromatic nitrogens is 3. The number of anilines is 3. The minimum Gasteiger partial charge on any atom is -0.372 e. The maximum atomic E-state index is 13.4. The summed E-state index contributed by atoms with van der Waals surface area (Å²) in [6, 6.07) is 11.4. The number of carbonyl (C=O) groups is 1. The number of aliphatic imine (C=N–C) groups is 1. The molecule has 0 saturated heterocycles. The van der Waals surface area contributed by atoms with Crippen LogP contribution >= 0.6 is 0 Å². The molecule has 1 N–H and O–H groups in total. The van der Waals surface area contributed by atoms with Crippen LogP contribution in [0.3, 0.4) is 0 Å². The van der Waals surface area contributed by atoms with Crippen molar-refractivity contribution in [3.8, 4) is 11.3 Å². The molecule has 0 fully saturated rings. The lowest BCUT2D eigenvalue weighted by molar-refractivity contribution is 0.256. The number of urea groups is 1. The van der Waals surface area contributed by atoms with Crippen LogP contribution in [0.25, 0.3) is 16.8 Å². The molecule has 0 radical (unpaired) electrons. The van der Waals surface area contributed by atoms with Gasteiger partial charge < -0.3 is 4.90 Å². The van der Waals surface area contributed by atoms with Gasteiger partial charge in [-0.05, 0) is 61.2 Å². The first kappa shape index (κ1) is 20.6. The summed E-state index contributed by atoms with van der Waals surface area (Å²) in [5, 5.41) is 2.94. The lowest BCUT2D eigenvalue weighted by Gasteiger charge is -2.24. The first-order valence-electron chi connectivity index (χ1n) is 10.8. The second-order valence-corrected chi connectivity index (χ2v) is 8.00. The molecule has 0 saturated carbocycles. The fraction of sp³-hybridized carbons (Fsp3) is 0.200. The third kappa shape index (κ3) is 4.24. The number of hydrogen-bond acceptors (Lipinski definition) is 6. The summed E-state index contributed by atoms with van der Waals surface area (Å²) in [7, 11) is 2.02. The monoisotopic (exact) mass is 437 g/mol. The molecular weight excluding hydrogens is 414 g/mol. The molecule has 33 heavy (non-hydrogen) atoms. The Balaban J connectivity index is 1.47. The van der Waals surface area contributed by atoms with E-state index in [0.29, 0.717) is 18.2 Å². The third-order valence-electron chi connectivity index (χ3n) is 5.66. The zero-order chi connectivity index (χ0) is 22.8. The summed E-state index contributed by atoms with van der Waals surface area (Å²) < 4.78 is 0. The maximum absolute atomic E-state index is 13.4. The van der Waals surface area contributed by atoms with E-state index in [-0.39, 0.29) is 6.03 Å². The average molecular weight is 438 g/mol. The molecule has 3 aromatic rings. The second kappa shape index (κ2) is 8.68. The van der Waals surface area contributed by atoms with E-state index in [9.17, 15) is 4.79 Å². The van der Waals surface area contributed by atoms with Gasteiger partial charge >= 0.3 is 6.03 Å². The van der Waals surface area contributed by atoms with Gasteiger partial charge in [-0.1, -0.05) is 0 Å². The highest BCUT2D eigenvalue weighted by Gasteiger charge is 2.26. The van der Waals surface area contributed by atoms with Gasteiger partial charge in [-0.15, -0.1) is 0 Å². The molecule has 0 unspecified atom stereocenters. The fourth-order valence-electron chi connectivity index (χ4n) is 3.96. The predicted octanol–water partition coefficient (Wildman–Crippen LogP) is 4.31. The molecule has 0 spiro atoms. The number of aryl methyl sites for hydroxylation is 1. The smallest absolute Gasteiger partial charge is 0.328 e. The fourth-order valence-corrected chi connectivity index (χ4v) is 3.96. The van der Waals surface area contributed by atoms with Crippen molar-refractivity contribution in [3.05, 3.63) is 72.3 Å². The zero-order valence-corrected chi connectivity index (χ0v) is 18.5. The number of carbonyl (C=O) groups excluding carboxylic acids is 1. The molecule has 8 nitrogen and oxygen atoms in total. The lowest BCUT2D eigenvalue weighted by atomic mass is 10.1. The highest BCUT2D eigenvalue weighted by molar-refractivity contribution is 6.03. The molecule has 2 amide bonds. The topological polar surface area (TPSA) is 86.6 Å². The van der Waals surface area contributed by atoms with Gasteiger partial charge in [0.05, 0.1) is 11.4 Å². The first-order chi connectivity index (χ1) is 16.1. The largest absolute Gasteiger partial charge is 0.372 e. The lowest BCUT2D eigenvalue weighted by Crippen LogP contribution is -2.36. The Bertz CT molecular complexity index is 1320. The van der Waals surface area contributed by atoms with E-state index in [0.717, 1.165) is 46.7 Å². The Morgan fingerprint density at radius 1 is 1.06 bits per heavy atom. The van der Waals surface area contributed by atoms with Gasteiger partial charge in [0.2, 0.25) is 0 Å². The Morgan fingerprint density at radius 3 is 2.73 bits per heavy atom.